The average Bonchev–Trinajstić information content (AvgIpc) is 2.07. The van der Waals surface area contributed by atoms with Crippen LogP contribution in [0.2, 0.25) is 0 Å². The Labute approximate surface area is 81.1 Å². The van der Waals surface area contributed by atoms with E-state index in [9.17, 15) is 14.5 Å². The number of aryl methyl sites for hydroxylation is 1. The summed E-state index contributed by atoms with van der Waals surface area (Å²) in [7, 11) is 3.28. The molecular formula is C9H11FN2O2. The zero-order chi connectivity index (χ0) is 10.9. The standard InChI is InChI=1S/C9H11FN2O2/c1-6-4-7(11(2)3)9(10)8(5-6)12(13)14/h4-5H,1-3H3. The predicted molar refractivity (Wildman–Crippen MR) is 52.1 cm³/mol. The van der Waals surface area contributed by atoms with E-state index in [4.69, 9.17) is 0 Å². The maximum absolute atomic E-state index is 13.5. The summed E-state index contributed by atoms with van der Waals surface area (Å²) in [5, 5.41) is 10.5. The molecule has 0 aromatic heterocycles. The van der Waals surface area contributed by atoms with Crippen LogP contribution < -0.4 is 4.90 Å². The number of benzene rings is 1. The Morgan fingerprint density at radius 3 is 2.43 bits per heavy atom. The van der Waals surface area contributed by atoms with Crippen molar-refractivity contribution in [2.75, 3.05) is 19.0 Å². The van der Waals surface area contributed by atoms with Gasteiger partial charge in [-0.1, -0.05) is 0 Å². The molecule has 14 heavy (non-hydrogen) atoms. The maximum atomic E-state index is 13.5. The molecule has 0 spiro atoms. The van der Waals surface area contributed by atoms with Crippen LogP contribution in [0.15, 0.2) is 12.1 Å². The molecule has 0 aliphatic heterocycles. The van der Waals surface area contributed by atoms with Crippen LogP contribution in [0, 0.1) is 22.9 Å². The van der Waals surface area contributed by atoms with Crippen LogP contribution in [-0.4, -0.2) is 19.0 Å². The van der Waals surface area contributed by atoms with Crippen LogP contribution >= 0.6 is 0 Å². The molecule has 0 atom stereocenters. The van der Waals surface area contributed by atoms with E-state index in [0.29, 0.717) is 5.56 Å². The molecule has 1 rings (SSSR count). The summed E-state index contributed by atoms with van der Waals surface area (Å²) in [5.74, 6) is -0.786. The summed E-state index contributed by atoms with van der Waals surface area (Å²) in [6.45, 7) is 1.69. The molecular weight excluding hydrogens is 187 g/mol. The molecule has 0 fully saturated rings. The molecule has 0 N–H and O–H groups in total. The van der Waals surface area contributed by atoms with Gasteiger partial charge < -0.3 is 4.90 Å². The topological polar surface area (TPSA) is 46.4 Å². The smallest absolute Gasteiger partial charge is 0.307 e. The third-order valence-corrected chi connectivity index (χ3v) is 1.86. The van der Waals surface area contributed by atoms with Gasteiger partial charge in [-0.3, -0.25) is 10.1 Å². The van der Waals surface area contributed by atoms with Crippen LogP contribution in [0.1, 0.15) is 5.56 Å². The van der Waals surface area contributed by atoms with Crippen molar-refractivity contribution >= 4 is 11.4 Å². The zero-order valence-corrected chi connectivity index (χ0v) is 8.24. The second kappa shape index (κ2) is 3.61. The van der Waals surface area contributed by atoms with Gasteiger partial charge in [0, 0.05) is 20.2 Å². The lowest BCUT2D eigenvalue weighted by atomic mass is 10.2. The Morgan fingerprint density at radius 1 is 1.43 bits per heavy atom. The molecule has 0 heterocycles. The van der Waals surface area contributed by atoms with E-state index >= 15 is 0 Å². The van der Waals surface area contributed by atoms with Crippen molar-refractivity contribution in [2.24, 2.45) is 0 Å². The van der Waals surface area contributed by atoms with Gasteiger partial charge in [0.2, 0.25) is 5.82 Å². The summed E-state index contributed by atoms with van der Waals surface area (Å²) >= 11 is 0. The lowest BCUT2D eigenvalue weighted by Gasteiger charge is -2.13. The Morgan fingerprint density at radius 2 is 2.00 bits per heavy atom. The molecule has 0 amide bonds. The van der Waals surface area contributed by atoms with E-state index in [2.05, 4.69) is 0 Å². The van der Waals surface area contributed by atoms with Gasteiger partial charge in [-0.05, 0) is 18.6 Å². The monoisotopic (exact) mass is 198 g/mol. The van der Waals surface area contributed by atoms with E-state index in [0.717, 1.165) is 0 Å². The molecule has 0 bridgehead atoms. The first kappa shape index (κ1) is 10.4. The number of nitro groups is 1. The van der Waals surface area contributed by atoms with Crippen LogP contribution in [0.3, 0.4) is 0 Å². The van der Waals surface area contributed by atoms with Crippen molar-refractivity contribution in [3.63, 3.8) is 0 Å². The summed E-state index contributed by atoms with van der Waals surface area (Å²) < 4.78 is 13.5. The number of anilines is 1. The van der Waals surface area contributed by atoms with E-state index in [1.165, 1.54) is 11.0 Å². The largest absolute Gasteiger partial charge is 0.375 e. The minimum Gasteiger partial charge on any atom is -0.375 e. The van der Waals surface area contributed by atoms with Crippen molar-refractivity contribution in [3.8, 4) is 0 Å². The van der Waals surface area contributed by atoms with Crippen molar-refractivity contribution in [1.82, 2.24) is 0 Å². The van der Waals surface area contributed by atoms with E-state index in [-0.39, 0.29) is 5.69 Å². The highest BCUT2D eigenvalue weighted by Crippen LogP contribution is 2.27. The van der Waals surface area contributed by atoms with Gasteiger partial charge >= 0.3 is 5.69 Å². The fourth-order valence-electron chi connectivity index (χ4n) is 1.19. The molecule has 1 aromatic carbocycles. The highest BCUT2D eigenvalue weighted by molar-refractivity contribution is 5.56. The van der Waals surface area contributed by atoms with Crippen molar-refractivity contribution < 1.29 is 9.31 Å². The molecule has 0 radical (unpaired) electrons. The summed E-state index contributed by atoms with van der Waals surface area (Å²) in [6, 6.07) is 2.80. The third-order valence-electron chi connectivity index (χ3n) is 1.86. The van der Waals surface area contributed by atoms with Crippen molar-refractivity contribution in [1.29, 1.82) is 0 Å². The molecule has 0 saturated heterocycles. The second-order valence-electron chi connectivity index (χ2n) is 3.27. The SMILES string of the molecule is Cc1cc(N(C)C)c(F)c([N+](=O)[O-])c1. The van der Waals surface area contributed by atoms with Gasteiger partial charge in [0.1, 0.15) is 0 Å². The summed E-state index contributed by atoms with van der Waals surface area (Å²) in [6.07, 6.45) is 0. The normalized spacial score (nSPS) is 10.0. The quantitative estimate of drug-likeness (QED) is 0.540. The molecule has 4 nitrogen and oxygen atoms in total. The van der Waals surface area contributed by atoms with Gasteiger partial charge in [-0.25, -0.2) is 0 Å². The average molecular weight is 198 g/mol. The number of hydrogen-bond donors (Lipinski definition) is 0. The molecule has 0 saturated carbocycles. The summed E-state index contributed by atoms with van der Waals surface area (Å²) in [4.78, 5) is 11.3. The lowest BCUT2D eigenvalue weighted by molar-refractivity contribution is -0.387. The molecule has 0 aliphatic carbocycles. The fourth-order valence-corrected chi connectivity index (χ4v) is 1.19. The van der Waals surface area contributed by atoms with Crippen LogP contribution in [-0.2, 0) is 0 Å². The van der Waals surface area contributed by atoms with Gasteiger partial charge in [-0.15, -0.1) is 0 Å². The highest BCUT2D eigenvalue weighted by Gasteiger charge is 2.19. The first-order valence-corrected chi connectivity index (χ1v) is 4.05. The summed E-state index contributed by atoms with van der Waals surface area (Å²) in [5.41, 5.74) is 0.423. The Kier molecular flexibility index (Phi) is 2.69. The predicted octanol–water partition coefficient (Wildman–Crippen LogP) is 2.11. The first-order valence-electron chi connectivity index (χ1n) is 4.05. The Hall–Kier alpha value is -1.65. The van der Waals surface area contributed by atoms with E-state index in [1.54, 1.807) is 27.1 Å². The third kappa shape index (κ3) is 1.81. The van der Waals surface area contributed by atoms with Gasteiger partial charge in [0.15, 0.2) is 0 Å². The molecule has 0 aliphatic rings. The zero-order valence-electron chi connectivity index (χ0n) is 8.24. The number of rotatable bonds is 2. The lowest BCUT2D eigenvalue weighted by Crippen LogP contribution is -2.12. The second-order valence-corrected chi connectivity index (χ2v) is 3.27. The van der Waals surface area contributed by atoms with Gasteiger partial charge in [0.05, 0.1) is 10.6 Å². The Balaban J connectivity index is 3.40. The Bertz CT molecular complexity index is 377. The van der Waals surface area contributed by atoms with E-state index < -0.39 is 16.4 Å². The molecule has 76 valence electrons. The molecule has 5 heteroatoms. The van der Waals surface area contributed by atoms with Crippen LogP contribution in [0.25, 0.3) is 0 Å². The number of halogens is 1. The van der Waals surface area contributed by atoms with Gasteiger partial charge in [-0.2, -0.15) is 4.39 Å². The van der Waals surface area contributed by atoms with Crippen molar-refractivity contribution in [3.05, 3.63) is 33.6 Å². The fraction of sp³-hybridized carbons (Fsp3) is 0.333. The minimum absolute atomic E-state index is 0.233. The molecule has 1 aromatic rings. The van der Waals surface area contributed by atoms with Crippen LogP contribution in [0.5, 0.6) is 0 Å². The van der Waals surface area contributed by atoms with Gasteiger partial charge in [0.25, 0.3) is 0 Å². The number of nitrogens with zero attached hydrogens (tertiary/aromatic N) is 2. The number of hydrogen-bond acceptors (Lipinski definition) is 3. The number of nitro benzene ring substituents is 1. The molecule has 0 unspecified atom stereocenters. The minimum atomic E-state index is -0.786. The van der Waals surface area contributed by atoms with Crippen molar-refractivity contribution in [2.45, 2.75) is 6.92 Å². The highest BCUT2D eigenvalue weighted by atomic mass is 19.1. The van der Waals surface area contributed by atoms with E-state index in [1.807, 2.05) is 0 Å². The van der Waals surface area contributed by atoms with Crippen LogP contribution in [0.4, 0.5) is 15.8 Å². The first-order chi connectivity index (χ1) is 6.43. The maximum Gasteiger partial charge on any atom is 0.307 e.